The van der Waals surface area contributed by atoms with Crippen LogP contribution in [0.1, 0.15) is 29.6 Å². The Bertz CT molecular complexity index is 386. The van der Waals surface area contributed by atoms with E-state index in [9.17, 15) is 9.59 Å². The van der Waals surface area contributed by atoms with Crippen LogP contribution in [0.25, 0.3) is 0 Å². The number of ether oxygens (including phenoxy) is 1. The van der Waals surface area contributed by atoms with Gasteiger partial charge in [-0.2, -0.15) is 0 Å². The maximum absolute atomic E-state index is 11.6. The van der Waals surface area contributed by atoms with Crippen molar-refractivity contribution in [2.24, 2.45) is 0 Å². The number of aryl methyl sites for hydroxylation is 1. The highest BCUT2D eigenvalue weighted by atomic mass is 16.5. The van der Waals surface area contributed by atoms with Crippen molar-refractivity contribution < 1.29 is 18.8 Å². The number of amides is 1. The van der Waals surface area contributed by atoms with E-state index >= 15 is 0 Å². The molecule has 0 bridgehead atoms. The van der Waals surface area contributed by atoms with Crippen LogP contribution < -0.4 is 5.32 Å². The topological polar surface area (TPSA) is 81.4 Å². The molecular weight excluding hydrogens is 212 g/mol. The predicted molar refractivity (Wildman–Crippen MR) is 54.8 cm³/mol. The molecule has 0 radical (unpaired) electrons. The van der Waals surface area contributed by atoms with Crippen LogP contribution in [0, 0.1) is 6.92 Å². The van der Waals surface area contributed by atoms with Gasteiger partial charge in [0.05, 0.1) is 13.5 Å². The van der Waals surface area contributed by atoms with Gasteiger partial charge in [0.15, 0.2) is 5.69 Å². The first kappa shape index (κ1) is 12.2. The molecule has 0 saturated heterocycles. The van der Waals surface area contributed by atoms with Crippen LogP contribution in [0.4, 0.5) is 0 Å². The molecule has 1 rings (SSSR count). The van der Waals surface area contributed by atoms with Gasteiger partial charge in [-0.1, -0.05) is 5.16 Å². The molecule has 0 aromatic carbocycles. The van der Waals surface area contributed by atoms with Crippen LogP contribution in [0.2, 0.25) is 0 Å². The molecular formula is C10H14N2O4. The van der Waals surface area contributed by atoms with Gasteiger partial charge in [-0.15, -0.1) is 0 Å². The average molecular weight is 226 g/mol. The molecule has 0 aliphatic heterocycles. The lowest BCUT2D eigenvalue weighted by Crippen LogP contribution is -2.34. The molecule has 0 saturated carbocycles. The monoisotopic (exact) mass is 226 g/mol. The van der Waals surface area contributed by atoms with Gasteiger partial charge in [-0.3, -0.25) is 9.59 Å². The number of esters is 1. The largest absolute Gasteiger partial charge is 0.469 e. The summed E-state index contributed by atoms with van der Waals surface area (Å²) in [6, 6.07) is 1.22. The van der Waals surface area contributed by atoms with Gasteiger partial charge < -0.3 is 14.6 Å². The number of carbonyl (C=O) groups is 2. The summed E-state index contributed by atoms with van der Waals surface area (Å²) in [6.07, 6.45) is 0.124. The molecule has 1 aromatic rings. The van der Waals surface area contributed by atoms with Crippen LogP contribution in [0.15, 0.2) is 10.6 Å². The minimum Gasteiger partial charge on any atom is -0.469 e. The maximum Gasteiger partial charge on any atom is 0.307 e. The number of hydrogen-bond donors (Lipinski definition) is 1. The van der Waals surface area contributed by atoms with Gasteiger partial charge in [0, 0.05) is 12.1 Å². The van der Waals surface area contributed by atoms with Crippen LogP contribution in [-0.2, 0) is 9.53 Å². The highest BCUT2D eigenvalue weighted by Gasteiger charge is 2.15. The minimum atomic E-state index is -0.371. The fourth-order valence-corrected chi connectivity index (χ4v) is 1.16. The molecule has 0 aliphatic carbocycles. The van der Waals surface area contributed by atoms with Crippen molar-refractivity contribution in [3.63, 3.8) is 0 Å². The molecule has 6 heteroatoms. The second-order valence-electron chi connectivity index (χ2n) is 3.48. The summed E-state index contributed by atoms with van der Waals surface area (Å²) < 4.78 is 9.25. The van der Waals surface area contributed by atoms with Crippen molar-refractivity contribution >= 4 is 11.9 Å². The number of nitrogens with zero attached hydrogens (tertiary/aromatic N) is 1. The van der Waals surface area contributed by atoms with Crippen molar-refractivity contribution in [3.8, 4) is 0 Å². The molecule has 0 unspecified atom stereocenters. The maximum atomic E-state index is 11.6. The number of methoxy groups -OCH3 is 1. The molecule has 1 atom stereocenters. The van der Waals surface area contributed by atoms with E-state index in [0.717, 1.165) is 0 Å². The summed E-state index contributed by atoms with van der Waals surface area (Å²) in [5, 5.41) is 6.18. The second-order valence-corrected chi connectivity index (χ2v) is 3.48. The summed E-state index contributed by atoms with van der Waals surface area (Å²) in [5.74, 6) is -0.178. The number of nitrogens with one attached hydrogen (secondary N) is 1. The van der Waals surface area contributed by atoms with E-state index in [0.29, 0.717) is 5.76 Å². The first-order valence-corrected chi connectivity index (χ1v) is 4.84. The van der Waals surface area contributed by atoms with Crippen LogP contribution in [0.5, 0.6) is 0 Å². The Labute approximate surface area is 92.9 Å². The van der Waals surface area contributed by atoms with Crippen molar-refractivity contribution in [2.45, 2.75) is 26.3 Å². The van der Waals surface area contributed by atoms with Crippen molar-refractivity contribution in [3.05, 3.63) is 17.5 Å². The number of carbonyl (C=O) groups excluding carboxylic acids is 2. The van der Waals surface area contributed by atoms with E-state index in [-0.39, 0.29) is 30.0 Å². The van der Waals surface area contributed by atoms with E-state index in [2.05, 4.69) is 15.2 Å². The van der Waals surface area contributed by atoms with E-state index in [4.69, 9.17) is 4.52 Å². The summed E-state index contributed by atoms with van der Waals surface area (Å²) in [4.78, 5) is 22.5. The first-order chi connectivity index (χ1) is 7.52. The lowest BCUT2D eigenvalue weighted by molar-refractivity contribution is -0.141. The van der Waals surface area contributed by atoms with E-state index < -0.39 is 0 Å². The van der Waals surface area contributed by atoms with Crippen molar-refractivity contribution in [2.75, 3.05) is 7.11 Å². The normalized spacial score (nSPS) is 11.9. The molecule has 6 nitrogen and oxygen atoms in total. The highest BCUT2D eigenvalue weighted by molar-refractivity contribution is 5.92. The Balaban J connectivity index is 2.48. The molecule has 1 aromatic heterocycles. The van der Waals surface area contributed by atoms with Crippen LogP contribution >= 0.6 is 0 Å². The van der Waals surface area contributed by atoms with Crippen molar-refractivity contribution in [1.82, 2.24) is 10.5 Å². The molecule has 1 amide bonds. The molecule has 88 valence electrons. The third-order valence-electron chi connectivity index (χ3n) is 1.94. The number of rotatable bonds is 4. The molecule has 0 fully saturated rings. The van der Waals surface area contributed by atoms with Gasteiger partial charge in [0.25, 0.3) is 5.91 Å². The molecule has 16 heavy (non-hydrogen) atoms. The van der Waals surface area contributed by atoms with Crippen molar-refractivity contribution in [1.29, 1.82) is 0 Å². The summed E-state index contributed by atoms with van der Waals surface area (Å²) in [7, 11) is 1.30. The zero-order valence-electron chi connectivity index (χ0n) is 9.44. The Hall–Kier alpha value is -1.85. The van der Waals surface area contributed by atoms with Gasteiger partial charge in [-0.25, -0.2) is 0 Å². The molecule has 1 heterocycles. The molecule has 0 spiro atoms. The molecule has 1 N–H and O–H groups in total. The zero-order chi connectivity index (χ0) is 12.1. The minimum absolute atomic E-state index is 0.124. The molecule has 0 aliphatic rings. The predicted octanol–water partition coefficient (Wildman–Crippen LogP) is 0.664. The lowest BCUT2D eigenvalue weighted by Gasteiger charge is -2.10. The third kappa shape index (κ3) is 3.38. The van der Waals surface area contributed by atoms with Gasteiger partial charge >= 0.3 is 5.97 Å². The Morgan fingerprint density at radius 1 is 1.62 bits per heavy atom. The smallest absolute Gasteiger partial charge is 0.307 e. The Kier molecular flexibility index (Phi) is 4.04. The lowest BCUT2D eigenvalue weighted by atomic mass is 10.2. The summed E-state index contributed by atoms with van der Waals surface area (Å²) >= 11 is 0. The zero-order valence-corrected chi connectivity index (χ0v) is 9.44. The SMILES string of the molecule is COC(=O)C[C@@H](C)NC(=O)c1cc(C)on1. The summed E-state index contributed by atoms with van der Waals surface area (Å²) in [6.45, 7) is 3.41. The highest BCUT2D eigenvalue weighted by Crippen LogP contribution is 2.02. The van der Waals surface area contributed by atoms with E-state index in [1.807, 2.05) is 0 Å². The van der Waals surface area contributed by atoms with Crippen LogP contribution in [-0.4, -0.2) is 30.2 Å². The quantitative estimate of drug-likeness (QED) is 0.763. The number of hydrogen-bond acceptors (Lipinski definition) is 5. The summed E-state index contributed by atoms with van der Waals surface area (Å²) in [5.41, 5.74) is 0.203. The number of aromatic nitrogens is 1. The van der Waals surface area contributed by atoms with E-state index in [1.165, 1.54) is 13.2 Å². The fraction of sp³-hybridized carbons (Fsp3) is 0.500. The first-order valence-electron chi connectivity index (χ1n) is 4.84. The Morgan fingerprint density at radius 3 is 2.81 bits per heavy atom. The second kappa shape index (κ2) is 5.29. The fourth-order valence-electron chi connectivity index (χ4n) is 1.16. The van der Waals surface area contributed by atoms with Gasteiger partial charge in [-0.05, 0) is 13.8 Å². The van der Waals surface area contributed by atoms with Gasteiger partial charge in [0.1, 0.15) is 5.76 Å². The standard InChI is InChI=1S/C10H14N2O4/c1-6(4-9(13)15-3)11-10(14)8-5-7(2)16-12-8/h5-6H,4H2,1-3H3,(H,11,14)/t6-/m1/s1. The van der Waals surface area contributed by atoms with Crippen LogP contribution in [0.3, 0.4) is 0 Å². The average Bonchev–Trinajstić information content (AvgIpc) is 2.64. The van der Waals surface area contributed by atoms with E-state index in [1.54, 1.807) is 13.8 Å². The van der Waals surface area contributed by atoms with Gasteiger partial charge in [0.2, 0.25) is 0 Å². The third-order valence-corrected chi connectivity index (χ3v) is 1.94. The Morgan fingerprint density at radius 2 is 2.31 bits per heavy atom.